The predicted molar refractivity (Wildman–Crippen MR) is 112 cm³/mol. The topological polar surface area (TPSA) is 75.2 Å². The van der Waals surface area contributed by atoms with E-state index in [2.05, 4.69) is 39.3 Å². The Morgan fingerprint density at radius 2 is 1.97 bits per heavy atom. The van der Waals surface area contributed by atoms with E-state index in [1.807, 2.05) is 36.4 Å². The zero-order valence-electron chi connectivity index (χ0n) is 17.0. The summed E-state index contributed by atoms with van der Waals surface area (Å²) in [5.74, 6) is 1.37. The van der Waals surface area contributed by atoms with Gasteiger partial charge < -0.3 is 9.26 Å². The van der Waals surface area contributed by atoms with Gasteiger partial charge in [0.25, 0.3) is 0 Å². The summed E-state index contributed by atoms with van der Waals surface area (Å²) in [6.45, 7) is 2.91. The Morgan fingerprint density at radius 3 is 2.83 bits per heavy atom. The van der Waals surface area contributed by atoms with Crippen LogP contribution in [0.15, 0.2) is 59.1 Å². The number of likely N-dealkylation sites (tertiary alicyclic amines) is 1. The molecule has 4 rings (SSSR count). The molecule has 2 heterocycles. The molecule has 30 heavy (non-hydrogen) atoms. The van der Waals surface area contributed by atoms with Crippen molar-refractivity contribution < 1.29 is 9.26 Å². The Balaban J connectivity index is 1.34. The molecule has 1 aliphatic heterocycles. The molecule has 0 N–H and O–H groups in total. The lowest BCUT2D eigenvalue weighted by molar-refractivity contribution is 0.111. The molecule has 154 valence electrons. The average molecular weight is 402 g/mol. The Bertz CT molecular complexity index is 980. The number of hydrogen-bond donors (Lipinski definition) is 0. The van der Waals surface area contributed by atoms with E-state index < -0.39 is 0 Å². The molecule has 1 saturated heterocycles. The second-order valence-electron chi connectivity index (χ2n) is 7.63. The molecule has 0 spiro atoms. The number of nitriles is 1. The third-order valence-corrected chi connectivity index (χ3v) is 5.41. The largest absolute Gasteiger partial charge is 0.376 e. The van der Waals surface area contributed by atoms with Crippen molar-refractivity contribution in [2.75, 3.05) is 13.2 Å². The van der Waals surface area contributed by atoms with Crippen LogP contribution < -0.4 is 0 Å². The van der Waals surface area contributed by atoms with Gasteiger partial charge in [-0.25, -0.2) is 0 Å². The molecular formula is C24H26N4O2. The lowest BCUT2D eigenvalue weighted by Crippen LogP contribution is -2.33. The molecule has 1 aromatic heterocycles. The molecule has 0 aliphatic carbocycles. The summed E-state index contributed by atoms with van der Waals surface area (Å²) < 4.78 is 11.4. The Morgan fingerprint density at radius 1 is 1.10 bits per heavy atom. The van der Waals surface area contributed by atoms with Crippen LogP contribution in [0.5, 0.6) is 0 Å². The van der Waals surface area contributed by atoms with Crippen LogP contribution in [0.3, 0.4) is 0 Å². The van der Waals surface area contributed by atoms with Crippen LogP contribution in [0.4, 0.5) is 0 Å². The maximum atomic E-state index is 9.15. The zero-order valence-corrected chi connectivity index (χ0v) is 17.0. The molecule has 1 aliphatic rings. The number of ether oxygens (including phenoxy) is 1. The summed E-state index contributed by atoms with van der Waals surface area (Å²) >= 11 is 0. The number of hydrogen-bond acceptors (Lipinski definition) is 6. The van der Waals surface area contributed by atoms with Gasteiger partial charge in [-0.3, -0.25) is 4.90 Å². The highest BCUT2D eigenvalue weighted by Crippen LogP contribution is 2.31. The van der Waals surface area contributed by atoms with Crippen molar-refractivity contribution in [1.82, 2.24) is 15.0 Å². The maximum Gasteiger partial charge on any atom is 0.244 e. The van der Waals surface area contributed by atoms with Gasteiger partial charge in [0.1, 0.15) is 0 Å². The highest BCUT2D eigenvalue weighted by Gasteiger charge is 2.28. The van der Waals surface area contributed by atoms with E-state index in [1.54, 1.807) is 0 Å². The summed E-state index contributed by atoms with van der Waals surface area (Å²) in [7, 11) is 0. The molecule has 6 heteroatoms. The van der Waals surface area contributed by atoms with Crippen LogP contribution in [0.1, 0.15) is 53.7 Å². The molecule has 1 fully saturated rings. The number of benzene rings is 2. The van der Waals surface area contributed by atoms with Gasteiger partial charge in [0.05, 0.1) is 30.9 Å². The quantitative estimate of drug-likeness (QED) is 0.519. The van der Waals surface area contributed by atoms with Crippen LogP contribution in [-0.2, 0) is 24.3 Å². The average Bonchev–Trinajstić information content (AvgIpc) is 3.27. The van der Waals surface area contributed by atoms with Crippen molar-refractivity contribution in [3.8, 4) is 6.07 Å². The van der Waals surface area contributed by atoms with Crippen molar-refractivity contribution in [2.45, 2.75) is 44.9 Å². The van der Waals surface area contributed by atoms with Crippen LogP contribution >= 0.6 is 0 Å². The molecule has 1 unspecified atom stereocenters. The minimum atomic E-state index is 0.121. The second kappa shape index (κ2) is 10.1. The van der Waals surface area contributed by atoms with E-state index in [1.165, 1.54) is 0 Å². The minimum absolute atomic E-state index is 0.121. The molecule has 3 aromatic rings. The predicted octanol–water partition coefficient (Wildman–Crippen LogP) is 4.43. The molecule has 2 aromatic carbocycles. The van der Waals surface area contributed by atoms with Gasteiger partial charge in [-0.15, -0.1) is 0 Å². The number of piperidine rings is 1. The number of nitrogens with zero attached hydrogens (tertiary/aromatic N) is 4. The first-order valence-corrected chi connectivity index (χ1v) is 10.5. The zero-order chi connectivity index (χ0) is 20.6. The van der Waals surface area contributed by atoms with Gasteiger partial charge in [0, 0.05) is 13.0 Å². The Kier molecular flexibility index (Phi) is 6.86. The first-order valence-electron chi connectivity index (χ1n) is 10.5. The van der Waals surface area contributed by atoms with Gasteiger partial charge in [-0.2, -0.15) is 10.2 Å². The van der Waals surface area contributed by atoms with E-state index in [0.717, 1.165) is 43.5 Å². The van der Waals surface area contributed by atoms with Gasteiger partial charge in [0.2, 0.25) is 5.89 Å². The third-order valence-electron chi connectivity index (χ3n) is 5.41. The first-order chi connectivity index (χ1) is 14.8. The summed E-state index contributed by atoms with van der Waals surface area (Å²) in [6, 6.07) is 20.3. The van der Waals surface area contributed by atoms with Gasteiger partial charge in [-0.1, -0.05) is 54.0 Å². The molecule has 1 atom stereocenters. The molecule has 0 saturated carbocycles. The van der Waals surface area contributed by atoms with Crippen LogP contribution in [0.25, 0.3) is 0 Å². The van der Waals surface area contributed by atoms with Crippen molar-refractivity contribution >= 4 is 0 Å². The normalized spacial score (nSPS) is 17.0. The third kappa shape index (κ3) is 5.32. The summed E-state index contributed by atoms with van der Waals surface area (Å²) in [5, 5.41) is 13.3. The lowest BCUT2D eigenvalue weighted by Gasteiger charge is -2.33. The van der Waals surface area contributed by atoms with Gasteiger partial charge in [-0.05, 0) is 42.6 Å². The lowest BCUT2D eigenvalue weighted by atomic mass is 10.0. The maximum absolute atomic E-state index is 9.15. The van der Waals surface area contributed by atoms with Gasteiger partial charge >= 0.3 is 0 Å². The molecule has 0 amide bonds. The van der Waals surface area contributed by atoms with Crippen molar-refractivity contribution in [1.29, 1.82) is 5.26 Å². The second-order valence-corrected chi connectivity index (χ2v) is 7.63. The van der Waals surface area contributed by atoms with Crippen LogP contribution in [0, 0.1) is 11.3 Å². The number of aromatic nitrogens is 2. The summed E-state index contributed by atoms with van der Waals surface area (Å²) in [4.78, 5) is 7.03. The van der Waals surface area contributed by atoms with E-state index in [-0.39, 0.29) is 6.04 Å². The molecule has 0 radical (unpaired) electrons. The standard InChI is InChI=1S/C24H26N4O2/c25-16-20-9-6-10-21(15-20)17-28-13-5-4-11-22(28)24-26-23(27-30-24)12-14-29-18-19-7-2-1-3-8-19/h1-3,6-10,15,22H,4-5,11-14,17-18H2. The fourth-order valence-corrected chi connectivity index (χ4v) is 3.87. The van der Waals surface area contributed by atoms with E-state index in [9.17, 15) is 0 Å². The summed E-state index contributed by atoms with van der Waals surface area (Å²) in [6.07, 6.45) is 3.94. The fraction of sp³-hybridized carbons (Fsp3) is 0.375. The smallest absolute Gasteiger partial charge is 0.244 e. The molecular weight excluding hydrogens is 376 g/mol. The van der Waals surface area contributed by atoms with Crippen molar-refractivity contribution in [3.63, 3.8) is 0 Å². The Hall–Kier alpha value is -3.01. The van der Waals surface area contributed by atoms with Gasteiger partial charge in [0.15, 0.2) is 5.82 Å². The minimum Gasteiger partial charge on any atom is -0.376 e. The van der Waals surface area contributed by atoms with Crippen molar-refractivity contribution in [2.24, 2.45) is 0 Å². The van der Waals surface area contributed by atoms with Crippen LogP contribution in [-0.4, -0.2) is 28.2 Å². The highest BCUT2D eigenvalue weighted by atomic mass is 16.5. The highest BCUT2D eigenvalue weighted by molar-refractivity contribution is 5.32. The first kappa shape index (κ1) is 20.3. The SMILES string of the molecule is N#Cc1cccc(CN2CCCCC2c2nc(CCOCc3ccccc3)no2)c1. The van der Waals surface area contributed by atoms with E-state index in [4.69, 9.17) is 14.5 Å². The van der Waals surface area contributed by atoms with Crippen molar-refractivity contribution in [3.05, 3.63) is 83.0 Å². The number of rotatable bonds is 8. The van der Waals surface area contributed by atoms with E-state index in [0.29, 0.717) is 36.9 Å². The van der Waals surface area contributed by atoms with E-state index >= 15 is 0 Å². The summed E-state index contributed by atoms with van der Waals surface area (Å²) in [5.41, 5.74) is 2.98. The fourth-order valence-electron chi connectivity index (χ4n) is 3.87. The Labute approximate surface area is 177 Å². The van der Waals surface area contributed by atoms with Crippen LogP contribution in [0.2, 0.25) is 0 Å². The molecule has 6 nitrogen and oxygen atoms in total. The monoisotopic (exact) mass is 402 g/mol. The molecule has 0 bridgehead atoms.